The number of amides is 1. The lowest BCUT2D eigenvalue weighted by molar-refractivity contribution is -0.140. The number of fused-ring (bicyclic) bond motifs is 3. The molecule has 0 aromatic carbocycles. The minimum absolute atomic E-state index is 0.0894. The summed E-state index contributed by atoms with van der Waals surface area (Å²) in [5, 5.41) is 10.4. The van der Waals surface area contributed by atoms with Crippen LogP contribution in [0.25, 0.3) is 33.2 Å². The molecular weight excluding hydrogens is 420 g/mol. The summed E-state index contributed by atoms with van der Waals surface area (Å²) in [4.78, 5) is 40.4. The van der Waals surface area contributed by atoms with Crippen LogP contribution >= 0.6 is 0 Å². The molecular formula is C24H24N6O3. The molecule has 0 saturated carbocycles. The van der Waals surface area contributed by atoms with Gasteiger partial charge in [0, 0.05) is 48.5 Å². The second kappa shape index (κ2) is 8.25. The first kappa shape index (κ1) is 21.0. The van der Waals surface area contributed by atoms with Crippen molar-refractivity contribution in [2.24, 2.45) is 0 Å². The number of aliphatic hydroxyl groups is 1. The van der Waals surface area contributed by atoms with Gasteiger partial charge in [0.25, 0.3) is 11.5 Å². The number of piperidine rings is 1. The Morgan fingerprint density at radius 3 is 2.58 bits per heavy atom. The average molecular weight is 444 g/mol. The highest BCUT2D eigenvalue weighted by Crippen LogP contribution is 2.30. The Balaban J connectivity index is 1.62. The molecule has 1 aliphatic rings. The van der Waals surface area contributed by atoms with Gasteiger partial charge in [-0.05, 0) is 50.1 Å². The minimum atomic E-state index is -1.03. The highest BCUT2D eigenvalue weighted by atomic mass is 16.3. The molecule has 1 amide bonds. The number of anilines is 1. The van der Waals surface area contributed by atoms with Crippen molar-refractivity contribution in [2.75, 3.05) is 18.8 Å². The number of nitrogens with two attached hydrogens (primary N) is 1. The number of nitrogen functional groups attached to an aromatic ring is 1. The van der Waals surface area contributed by atoms with Gasteiger partial charge in [0.2, 0.25) is 0 Å². The van der Waals surface area contributed by atoms with Gasteiger partial charge in [0.15, 0.2) is 0 Å². The van der Waals surface area contributed by atoms with E-state index in [1.165, 1.54) is 6.92 Å². The number of hydrogen-bond acceptors (Lipinski definition) is 7. The van der Waals surface area contributed by atoms with Crippen molar-refractivity contribution in [3.63, 3.8) is 0 Å². The lowest BCUT2D eigenvalue weighted by Gasteiger charge is -2.34. The number of aromatic nitrogens is 4. The van der Waals surface area contributed by atoms with Gasteiger partial charge in [-0.2, -0.15) is 0 Å². The van der Waals surface area contributed by atoms with Gasteiger partial charge in [-0.3, -0.25) is 14.6 Å². The number of nitrogens with zero attached hydrogens (tertiary/aromatic N) is 5. The van der Waals surface area contributed by atoms with Gasteiger partial charge in [0.05, 0.1) is 16.7 Å². The predicted molar refractivity (Wildman–Crippen MR) is 125 cm³/mol. The predicted octanol–water partition coefficient (Wildman–Crippen LogP) is 2.13. The Labute approximate surface area is 189 Å². The molecule has 5 rings (SSSR count). The van der Waals surface area contributed by atoms with E-state index >= 15 is 0 Å². The van der Waals surface area contributed by atoms with E-state index in [1.807, 2.05) is 18.2 Å². The number of aliphatic hydroxyl groups excluding tert-OH is 1. The molecule has 1 atom stereocenters. The fourth-order valence-electron chi connectivity index (χ4n) is 4.48. The summed E-state index contributed by atoms with van der Waals surface area (Å²) in [7, 11) is 0. The fourth-order valence-corrected chi connectivity index (χ4v) is 4.48. The molecule has 4 aromatic rings. The molecule has 4 aromatic heterocycles. The summed E-state index contributed by atoms with van der Waals surface area (Å²) in [6, 6.07) is 10.6. The zero-order valence-corrected chi connectivity index (χ0v) is 18.2. The summed E-state index contributed by atoms with van der Waals surface area (Å²) in [6.07, 6.45) is 3.63. The van der Waals surface area contributed by atoms with Gasteiger partial charge in [0.1, 0.15) is 17.4 Å². The van der Waals surface area contributed by atoms with Gasteiger partial charge < -0.3 is 20.3 Å². The Bertz CT molecular complexity index is 1410. The van der Waals surface area contributed by atoms with E-state index in [9.17, 15) is 14.7 Å². The van der Waals surface area contributed by atoms with Crippen molar-refractivity contribution in [1.29, 1.82) is 0 Å². The maximum atomic E-state index is 13.1. The van der Waals surface area contributed by atoms with Gasteiger partial charge >= 0.3 is 0 Å². The topological polar surface area (TPSA) is 127 Å². The highest BCUT2D eigenvalue weighted by Gasteiger charge is 2.27. The first-order valence-electron chi connectivity index (χ1n) is 10.9. The number of carbonyl (C=O) groups is 1. The number of carbonyl (C=O) groups excluding carboxylic acids is 1. The molecule has 1 saturated heterocycles. The largest absolute Gasteiger partial charge is 0.384 e. The quantitative estimate of drug-likeness (QED) is 0.463. The molecule has 1 fully saturated rings. The van der Waals surface area contributed by atoms with E-state index in [2.05, 4.69) is 9.97 Å². The van der Waals surface area contributed by atoms with Crippen LogP contribution in [0.1, 0.15) is 25.8 Å². The molecule has 0 radical (unpaired) electrons. The third-order valence-corrected chi connectivity index (χ3v) is 6.18. The Kier molecular flexibility index (Phi) is 5.26. The molecule has 168 valence electrons. The minimum Gasteiger partial charge on any atom is -0.384 e. The van der Waals surface area contributed by atoms with Crippen molar-refractivity contribution in [1.82, 2.24) is 24.4 Å². The second-order valence-electron chi connectivity index (χ2n) is 8.37. The Morgan fingerprint density at radius 1 is 1.09 bits per heavy atom. The van der Waals surface area contributed by atoms with Crippen LogP contribution in [-0.2, 0) is 4.79 Å². The maximum Gasteiger partial charge on any atom is 0.251 e. The number of hydrogen-bond donors (Lipinski definition) is 2. The summed E-state index contributed by atoms with van der Waals surface area (Å²) in [5.74, 6) is 0.151. The van der Waals surface area contributed by atoms with Crippen LogP contribution < -0.4 is 11.3 Å². The van der Waals surface area contributed by atoms with Crippen molar-refractivity contribution in [3.05, 3.63) is 59.1 Å². The molecule has 0 aliphatic carbocycles. The standard InChI is InChI=1S/C24H24N6O3/c1-14(31)24(33)29-10-8-17(9-11-29)30-21(32)7-3-16-13-26-19-5-4-18(28-22(19)23(16)30)15-2-6-20(25)27-12-15/h2-7,12-14,17,31H,8-11H2,1H3,(H2,25,27). The van der Waals surface area contributed by atoms with Crippen LogP contribution in [0.5, 0.6) is 0 Å². The molecule has 33 heavy (non-hydrogen) atoms. The SMILES string of the molecule is CC(O)C(=O)N1CCC(n2c(=O)ccc3cnc4ccc(-c5ccc(N)nc5)nc4c32)CC1. The van der Waals surface area contributed by atoms with E-state index in [4.69, 9.17) is 10.7 Å². The second-order valence-corrected chi connectivity index (χ2v) is 8.37. The van der Waals surface area contributed by atoms with Crippen molar-refractivity contribution in [2.45, 2.75) is 31.9 Å². The van der Waals surface area contributed by atoms with E-state index < -0.39 is 6.10 Å². The van der Waals surface area contributed by atoms with E-state index in [-0.39, 0.29) is 17.5 Å². The van der Waals surface area contributed by atoms with Gasteiger partial charge in [-0.15, -0.1) is 0 Å². The van der Waals surface area contributed by atoms with Crippen LogP contribution in [0.4, 0.5) is 5.82 Å². The highest BCUT2D eigenvalue weighted by molar-refractivity contribution is 6.01. The normalized spacial score (nSPS) is 15.8. The smallest absolute Gasteiger partial charge is 0.251 e. The lowest BCUT2D eigenvalue weighted by atomic mass is 10.0. The first-order chi connectivity index (χ1) is 15.9. The number of rotatable bonds is 3. The molecule has 0 bridgehead atoms. The monoisotopic (exact) mass is 444 g/mol. The van der Waals surface area contributed by atoms with Gasteiger partial charge in [-0.25, -0.2) is 9.97 Å². The van der Waals surface area contributed by atoms with Crippen LogP contribution in [0.2, 0.25) is 0 Å². The lowest BCUT2D eigenvalue weighted by Crippen LogP contribution is -2.44. The van der Waals surface area contributed by atoms with Crippen LogP contribution in [0, 0.1) is 0 Å². The molecule has 9 nitrogen and oxygen atoms in total. The fraction of sp³-hybridized carbons (Fsp3) is 0.292. The van der Waals surface area contributed by atoms with Crippen LogP contribution in [0.15, 0.2) is 53.6 Å². The molecule has 0 spiro atoms. The molecule has 9 heteroatoms. The van der Waals surface area contributed by atoms with E-state index in [0.29, 0.717) is 48.5 Å². The summed E-state index contributed by atoms with van der Waals surface area (Å²) in [6.45, 7) is 2.44. The molecule has 5 heterocycles. The number of likely N-dealkylation sites (tertiary alicyclic amines) is 1. The Morgan fingerprint density at radius 2 is 1.88 bits per heavy atom. The Hall–Kier alpha value is -3.85. The molecule has 1 unspecified atom stereocenters. The third-order valence-electron chi connectivity index (χ3n) is 6.18. The first-order valence-corrected chi connectivity index (χ1v) is 10.9. The van der Waals surface area contributed by atoms with Gasteiger partial charge in [-0.1, -0.05) is 0 Å². The number of pyridine rings is 4. The molecule has 1 aliphatic heterocycles. The van der Waals surface area contributed by atoms with Crippen molar-refractivity contribution in [3.8, 4) is 11.3 Å². The van der Waals surface area contributed by atoms with Crippen LogP contribution in [-0.4, -0.2) is 54.6 Å². The summed E-state index contributed by atoms with van der Waals surface area (Å²) < 4.78 is 1.79. The zero-order chi connectivity index (χ0) is 23.1. The summed E-state index contributed by atoms with van der Waals surface area (Å²) in [5.41, 5.74) is 9.20. The van der Waals surface area contributed by atoms with Crippen molar-refractivity contribution < 1.29 is 9.90 Å². The zero-order valence-electron chi connectivity index (χ0n) is 18.2. The maximum absolute atomic E-state index is 13.1. The molecule has 3 N–H and O–H groups in total. The van der Waals surface area contributed by atoms with E-state index in [1.54, 1.807) is 40.1 Å². The van der Waals surface area contributed by atoms with Crippen LogP contribution in [0.3, 0.4) is 0 Å². The third kappa shape index (κ3) is 3.80. The van der Waals surface area contributed by atoms with Crippen molar-refractivity contribution >= 4 is 33.7 Å². The summed E-state index contributed by atoms with van der Waals surface area (Å²) >= 11 is 0. The average Bonchev–Trinajstić information content (AvgIpc) is 2.83. The van der Waals surface area contributed by atoms with E-state index in [0.717, 1.165) is 16.5 Å².